The van der Waals surface area contributed by atoms with Crippen molar-refractivity contribution in [3.05, 3.63) is 24.2 Å². The first kappa shape index (κ1) is 6.34. The van der Waals surface area contributed by atoms with Crippen LogP contribution in [0.2, 0.25) is 0 Å². The molecule has 0 N–H and O–H groups in total. The summed E-state index contributed by atoms with van der Waals surface area (Å²) < 4.78 is 5.05. The van der Waals surface area contributed by atoms with Gasteiger partial charge < -0.3 is 4.52 Å². The van der Waals surface area contributed by atoms with Crippen LogP contribution in [0.1, 0.15) is 12.5 Å². The van der Waals surface area contributed by atoms with Gasteiger partial charge in [0.1, 0.15) is 0 Å². The second-order valence-electron chi connectivity index (χ2n) is 2.40. The minimum absolute atomic E-state index is 0.863. The van der Waals surface area contributed by atoms with Gasteiger partial charge in [0.15, 0.2) is 5.58 Å². The molecule has 0 bridgehead atoms. The van der Waals surface area contributed by atoms with Crippen molar-refractivity contribution in [3.8, 4) is 0 Å². The third kappa shape index (κ3) is 0.888. The molecule has 0 atom stereocenters. The van der Waals surface area contributed by atoms with Crippen molar-refractivity contribution in [2.75, 3.05) is 0 Å². The van der Waals surface area contributed by atoms with Crippen molar-refractivity contribution >= 4 is 11.0 Å². The molecular formula is C8H8N2O. The highest BCUT2D eigenvalue weighted by atomic mass is 16.5. The Labute approximate surface area is 64.0 Å². The molecule has 0 amide bonds. The Bertz CT molecular complexity index is 367. The molecule has 0 aliphatic carbocycles. The topological polar surface area (TPSA) is 38.9 Å². The fourth-order valence-electron chi connectivity index (χ4n) is 1.10. The fourth-order valence-corrected chi connectivity index (χ4v) is 1.10. The van der Waals surface area contributed by atoms with Crippen molar-refractivity contribution < 1.29 is 4.52 Å². The highest BCUT2D eigenvalue weighted by Crippen LogP contribution is 2.16. The molecule has 0 unspecified atom stereocenters. The summed E-state index contributed by atoms with van der Waals surface area (Å²) in [6.45, 7) is 2.07. The zero-order chi connectivity index (χ0) is 7.68. The molecule has 11 heavy (non-hydrogen) atoms. The predicted octanol–water partition coefficient (Wildman–Crippen LogP) is 1.79. The van der Waals surface area contributed by atoms with Gasteiger partial charge in [-0.2, -0.15) is 0 Å². The molecule has 3 heteroatoms. The quantitative estimate of drug-likeness (QED) is 0.618. The Morgan fingerprint density at radius 2 is 2.27 bits per heavy atom. The first-order valence-electron chi connectivity index (χ1n) is 3.59. The van der Waals surface area contributed by atoms with Gasteiger partial charge in [0, 0.05) is 18.0 Å². The van der Waals surface area contributed by atoms with Crippen LogP contribution in [0.5, 0.6) is 0 Å². The number of rotatable bonds is 1. The molecule has 2 aromatic heterocycles. The van der Waals surface area contributed by atoms with Crippen LogP contribution in [0.4, 0.5) is 0 Å². The van der Waals surface area contributed by atoms with Gasteiger partial charge in [0.2, 0.25) is 0 Å². The molecule has 0 aromatic carbocycles. The Morgan fingerprint density at radius 3 is 3.09 bits per heavy atom. The fraction of sp³-hybridized carbons (Fsp3) is 0.250. The van der Waals surface area contributed by atoms with E-state index < -0.39 is 0 Å². The van der Waals surface area contributed by atoms with Crippen molar-refractivity contribution in [2.45, 2.75) is 13.3 Å². The molecule has 2 aromatic rings. The lowest BCUT2D eigenvalue weighted by Crippen LogP contribution is -1.81. The smallest absolute Gasteiger partial charge is 0.173 e. The van der Waals surface area contributed by atoms with E-state index in [2.05, 4.69) is 17.1 Å². The van der Waals surface area contributed by atoms with Crippen LogP contribution in [0.3, 0.4) is 0 Å². The van der Waals surface area contributed by atoms with Crippen molar-refractivity contribution in [3.63, 3.8) is 0 Å². The van der Waals surface area contributed by atoms with E-state index >= 15 is 0 Å². The van der Waals surface area contributed by atoms with Gasteiger partial charge in [-0.1, -0.05) is 12.1 Å². The molecule has 2 heterocycles. The van der Waals surface area contributed by atoms with Crippen LogP contribution in [-0.4, -0.2) is 10.1 Å². The average molecular weight is 148 g/mol. The second-order valence-corrected chi connectivity index (χ2v) is 2.40. The summed E-state index contributed by atoms with van der Waals surface area (Å²) in [7, 11) is 0. The lowest BCUT2D eigenvalue weighted by atomic mass is 10.2. The summed E-state index contributed by atoms with van der Waals surface area (Å²) >= 11 is 0. The largest absolute Gasteiger partial charge is 0.356 e. The maximum Gasteiger partial charge on any atom is 0.173 e. The van der Waals surface area contributed by atoms with Crippen LogP contribution < -0.4 is 0 Å². The minimum atomic E-state index is 0.863. The predicted molar refractivity (Wildman–Crippen MR) is 41.2 cm³/mol. The SMILES string of the molecule is CCc1cncc2cnoc12. The molecule has 0 saturated carbocycles. The number of fused-ring (bicyclic) bond motifs is 1. The average Bonchev–Trinajstić information content (AvgIpc) is 2.50. The maximum atomic E-state index is 5.05. The van der Waals surface area contributed by atoms with Gasteiger partial charge >= 0.3 is 0 Å². The third-order valence-corrected chi connectivity index (χ3v) is 1.71. The Balaban J connectivity index is 2.79. The van der Waals surface area contributed by atoms with Crippen LogP contribution in [0.25, 0.3) is 11.0 Å². The molecular weight excluding hydrogens is 140 g/mol. The number of nitrogens with zero attached hydrogens (tertiary/aromatic N) is 2. The number of hydrogen-bond acceptors (Lipinski definition) is 3. The van der Waals surface area contributed by atoms with Gasteiger partial charge in [0.05, 0.1) is 11.6 Å². The van der Waals surface area contributed by atoms with Gasteiger partial charge in [-0.05, 0) is 6.42 Å². The zero-order valence-corrected chi connectivity index (χ0v) is 6.24. The number of aromatic nitrogens is 2. The van der Waals surface area contributed by atoms with E-state index in [4.69, 9.17) is 4.52 Å². The highest BCUT2D eigenvalue weighted by Gasteiger charge is 2.02. The van der Waals surface area contributed by atoms with Gasteiger partial charge in [-0.25, -0.2) is 0 Å². The van der Waals surface area contributed by atoms with Crippen LogP contribution in [0, 0.1) is 0 Å². The Kier molecular flexibility index (Phi) is 1.35. The molecule has 0 fully saturated rings. The molecule has 0 aliphatic rings. The van der Waals surface area contributed by atoms with E-state index in [1.54, 1.807) is 12.4 Å². The molecule has 3 nitrogen and oxygen atoms in total. The van der Waals surface area contributed by atoms with Gasteiger partial charge in [-0.15, -0.1) is 0 Å². The van der Waals surface area contributed by atoms with Crippen molar-refractivity contribution in [1.29, 1.82) is 0 Å². The monoisotopic (exact) mass is 148 g/mol. The maximum absolute atomic E-state index is 5.05. The van der Waals surface area contributed by atoms with Crippen LogP contribution in [0.15, 0.2) is 23.1 Å². The highest BCUT2D eigenvalue weighted by molar-refractivity contribution is 5.77. The lowest BCUT2D eigenvalue weighted by molar-refractivity contribution is 0.454. The summed E-state index contributed by atoms with van der Waals surface area (Å²) in [6.07, 6.45) is 6.18. The van der Waals surface area contributed by atoms with E-state index in [0.717, 1.165) is 23.0 Å². The summed E-state index contributed by atoms with van der Waals surface area (Å²) in [5.41, 5.74) is 1.97. The van der Waals surface area contributed by atoms with E-state index in [0.29, 0.717) is 0 Å². The first-order chi connectivity index (χ1) is 5.42. The molecule has 2 rings (SSSR count). The Morgan fingerprint density at radius 1 is 1.36 bits per heavy atom. The standard InChI is InChI=1S/C8H8N2O/c1-2-6-3-9-4-7-5-10-11-8(6)7/h3-5H,2H2,1H3. The summed E-state index contributed by atoms with van der Waals surface area (Å²) in [4.78, 5) is 4.06. The molecule has 0 radical (unpaired) electrons. The zero-order valence-electron chi connectivity index (χ0n) is 6.24. The summed E-state index contributed by atoms with van der Waals surface area (Å²) in [5, 5.41) is 4.67. The third-order valence-electron chi connectivity index (χ3n) is 1.71. The number of hydrogen-bond donors (Lipinski definition) is 0. The second kappa shape index (κ2) is 2.34. The van der Waals surface area contributed by atoms with Crippen LogP contribution >= 0.6 is 0 Å². The summed E-state index contributed by atoms with van der Waals surface area (Å²) in [6, 6.07) is 0. The molecule has 0 saturated heterocycles. The van der Waals surface area contributed by atoms with E-state index in [9.17, 15) is 0 Å². The number of pyridine rings is 1. The first-order valence-corrected chi connectivity index (χ1v) is 3.59. The van der Waals surface area contributed by atoms with Crippen LogP contribution in [-0.2, 0) is 6.42 Å². The normalized spacial score (nSPS) is 10.6. The van der Waals surface area contributed by atoms with Crippen molar-refractivity contribution in [1.82, 2.24) is 10.1 Å². The van der Waals surface area contributed by atoms with E-state index in [-0.39, 0.29) is 0 Å². The molecule has 0 aliphatic heterocycles. The van der Waals surface area contributed by atoms with Crippen molar-refractivity contribution in [2.24, 2.45) is 0 Å². The summed E-state index contributed by atoms with van der Waals surface area (Å²) in [5.74, 6) is 0. The van der Waals surface area contributed by atoms with E-state index in [1.165, 1.54) is 0 Å². The Hall–Kier alpha value is -1.38. The molecule has 56 valence electrons. The van der Waals surface area contributed by atoms with Gasteiger partial charge in [-0.3, -0.25) is 4.98 Å². The molecule has 0 spiro atoms. The van der Waals surface area contributed by atoms with Gasteiger partial charge in [0.25, 0.3) is 0 Å². The minimum Gasteiger partial charge on any atom is -0.356 e. The van der Waals surface area contributed by atoms with E-state index in [1.807, 2.05) is 6.20 Å². The lowest BCUT2D eigenvalue weighted by Gasteiger charge is -1.92. The number of aryl methyl sites for hydroxylation is 1.